The molecule has 3 aromatic rings. The molecule has 6 heteroatoms. The normalized spacial score (nSPS) is 13.0. The van der Waals surface area contributed by atoms with E-state index in [0.717, 1.165) is 15.8 Å². The Morgan fingerprint density at radius 3 is 2.96 bits per heavy atom. The largest absolute Gasteiger partial charge is 0.282 e. The first-order valence-electron chi connectivity index (χ1n) is 7.40. The van der Waals surface area contributed by atoms with E-state index in [0.29, 0.717) is 16.7 Å². The van der Waals surface area contributed by atoms with Crippen LogP contribution in [-0.2, 0) is 0 Å². The Morgan fingerprint density at radius 1 is 1.43 bits per heavy atom. The number of rotatable bonds is 4. The lowest BCUT2D eigenvalue weighted by molar-refractivity contribution is 0.613. The zero-order valence-electron chi connectivity index (χ0n) is 12.9. The van der Waals surface area contributed by atoms with E-state index in [2.05, 4.69) is 39.9 Å². The molecule has 0 bridgehead atoms. The fraction of sp³-hybridized carbons (Fsp3) is 0.235. The van der Waals surface area contributed by atoms with E-state index >= 15 is 0 Å². The number of hydrogen-bond donors (Lipinski definition) is 0. The summed E-state index contributed by atoms with van der Waals surface area (Å²) in [5.74, 6) is 0.844. The number of nitrogens with zero attached hydrogens (tertiary/aromatic N) is 3. The molecule has 118 valence electrons. The second-order valence-corrected chi connectivity index (χ2v) is 7.21. The van der Waals surface area contributed by atoms with Crippen LogP contribution in [-0.4, -0.2) is 15.9 Å². The van der Waals surface area contributed by atoms with Crippen LogP contribution < -0.4 is 5.56 Å². The van der Waals surface area contributed by atoms with Crippen molar-refractivity contribution in [3.05, 3.63) is 61.2 Å². The summed E-state index contributed by atoms with van der Waals surface area (Å²) < 4.78 is 2.29. The van der Waals surface area contributed by atoms with Gasteiger partial charge in [0, 0.05) is 15.3 Å². The van der Waals surface area contributed by atoms with Gasteiger partial charge in [-0.3, -0.25) is 4.79 Å². The van der Waals surface area contributed by atoms with Crippen molar-refractivity contribution in [1.29, 1.82) is 0 Å². The zero-order chi connectivity index (χ0) is 16.4. The van der Waals surface area contributed by atoms with E-state index in [4.69, 9.17) is 0 Å². The maximum atomic E-state index is 12.9. The van der Waals surface area contributed by atoms with Crippen LogP contribution in [0.4, 0.5) is 0 Å². The van der Waals surface area contributed by atoms with Gasteiger partial charge in [-0.2, -0.15) is 9.78 Å². The summed E-state index contributed by atoms with van der Waals surface area (Å²) in [6.07, 6.45) is 2.60. The van der Waals surface area contributed by atoms with Gasteiger partial charge in [-0.15, -0.1) is 11.3 Å². The van der Waals surface area contributed by atoms with E-state index in [1.54, 1.807) is 23.6 Å². The van der Waals surface area contributed by atoms with Gasteiger partial charge in [-0.25, -0.2) is 4.98 Å². The molecule has 0 unspecified atom stereocenters. The van der Waals surface area contributed by atoms with Crippen molar-refractivity contribution in [2.45, 2.75) is 26.2 Å². The summed E-state index contributed by atoms with van der Waals surface area (Å²) in [5, 5.41) is 6.95. The molecule has 0 aliphatic carbocycles. The maximum absolute atomic E-state index is 12.9. The topological polar surface area (TPSA) is 47.2 Å². The second-order valence-electron chi connectivity index (χ2n) is 5.32. The highest BCUT2D eigenvalue weighted by Gasteiger charge is 2.15. The molecule has 2 heterocycles. The molecular weight excluding hydrogens is 374 g/mol. The predicted octanol–water partition coefficient (Wildman–Crippen LogP) is 4.62. The van der Waals surface area contributed by atoms with E-state index in [-0.39, 0.29) is 11.5 Å². The first-order chi connectivity index (χ1) is 11.1. The lowest BCUT2D eigenvalue weighted by Crippen LogP contribution is -2.23. The summed E-state index contributed by atoms with van der Waals surface area (Å²) in [5.41, 5.74) is 0.565. The Hall–Kier alpha value is -1.79. The Bertz CT molecular complexity index is 915. The van der Waals surface area contributed by atoms with Gasteiger partial charge >= 0.3 is 0 Å². The summed E-state index contributed by atoms with van der Waals surface area (Å²) in [7, 11) is 0. The number of aromatic nitrogens is 2. The number of fused-ring (bicyclic) bond motifs is 1. The molecule has 0 aliphatic heterocycles. The van der Waals surface area contributed by atoms with Crippen LogP contribution in [0.15, 0.2) is 50.1 Å². The SMILES string of the molecule is CC[C@H](C)c1nc2ccc(Br)cc2c(=O)n1N=Cc1cccs1. The Balaban J connectivity index is 2.23. The van der Waals surface area contributed by atoms with Crippen molar-refractivity contribution in [3.63, 3.8) is 0 Å². The van der Waals surface area contributed by atoms with E-state index < -0.39 is 0 Å². The highest BCUT2D eigenvalue weighted by molar-refractivity contribution is 9.10. The highest BCUT2D eigenvalue weighted by atomic mass is 79.9. The summed E-state index contributed by atoms with van der Waals surface area (Å²) in [6.45, 7) is 4.14. The van der Waals surface area contributed by atoms with Crippen LogP contribution in [0.5, 0.6) is 0 Å². The minimum Gasteiger partial charge on any atom is -0.267 e. The number of hydrogen-bond acceptors (Lipinski definition) is 4. The van der Waals surface area contributed by atoms with Gasteiger partial charge in [0.25, 0.3) is 5.56 Å². The van der Waals surface area contributed by atoms with E-state index in [9.17, 15) is 4.79 Å². The average molecular weight is 390 g/mol. The van der Waals surface area contributed by atoms with Crippen molar-refractivity contribution in [2.75, 3.05) is 0 Å². The second kappa shape index (κ2) is 6.76. The molecular formula is C17H16BrN3OS. The van der Waals surface area contributed by atoms with Crippen LogP contribution >= 0.6 is 27.3 Å². The third-order valence-electron chi connectivity index (χ3n) is 3.73. The molecule has 23 heavy (non-hydrogen) atoms. The molecule has 0 aliphatic rings. The van der Waals surface area contributed by atoms with Crippen molar-refractivity contribution in [1.82, 2.24) is 9.66 Å². The van der Waals surface area contributed by atoms with Crippen molar-refractivity contribution in [2.24, 2.45) is 5.10 Å². The molecule has 0 saturated heterocycles. The fourth-order valence-electron chi connectivity index (χ4n) is 2.26. The lowest BCUT2D eigenvalue weighted by atomic mass is 10.1. The highest BCUT2D eigenvalue weighted by Crippen LogP contribution is 2.20. The summed E-state index contributed by atoms with van der Waals surface area (Å²) in [4.78, 5) is 18.6. The summed E-state index contributed by atoms with van der Waals surface area (Å²) >= 11 is 4.99. The first-order valence-corrected chi connectivity index (χ1v) is 9.07. The molecule has 0 spiro atoms. The van der Waals surface area contributed by atoms with Gasteiger partial charge in [0.15, 0.2) is 0 Å². The third-order valence-corrected chi connectivity index (χ3v) is 5.03. The number of halogens is 1. The summed E-state index contributed by atoms with van der Waals surface area (Å²) in [6, 6.07) is 9.48. The Kier molecular flexibility index (Phi) is 4.73. The lowest BCUT2D eigenvalue weighted by Gasteiger charge is -2.13. The van der Waals surface area contributed by atoms with Gasteiger partial charge < -0.3 is 0 Å². The smallest absolute Gasteiger partial charge is 0.267 e. The molecule has 0 radical (unpaired) electrons. The Labute approximate surface area is 146 Å². The van der Waals surface area contributed by atoms with Crippen LogP contribution in [0, 0.1) is 0 Å². The quantitative estimate of drug-likeness (QED) is 0.611. The molecule has 0 amide bonds. The van der Waals surface area contributed by atoms with Crippen LogP contribution in [0.3, 0.4) is 0 Å². The van der Waals surface area contributed by atoms with Crippen molar-refractivity contribution < 1.29 is 0 Å². The minimum atomic E-state index is -0.139. The van der Waals surface area contributed by atoms with Crippen molar-refractivity contribution >= 4 is 44.4 Å². The molecule has 2 aromatic heterocycles. The molecule has 1 aromatic carbocycles. The molecule has 3 rings (SSSR count). The minimum absolute atomic E-state index is 0.139. The molecule has 0 saturated carbocycles. The Morgan fingerprint density at radius 2 is 2.26 bits per heavy atom. The van der Waals surface area contributed by atoms with Gasteiger partial charge in [0.2, 0.25) is 0 Å². The first kappa shape index (κ1) is 16.1. The number of benzene rings is 1. The van der Waals surface area contributed by atoms with E-state index in [1.807, 2.05) is 29.6 Å². The molecule has 0 fully saturated rings. The van der Waals surface area contributed by atoms with Crippen LogP contribution in [0.2, 0.25) is 0 Å². The average Bonchev–Trinajstić information content (AvgIpc) is 3.07. The third kappa shape index (κ3) is 3.28. The van der Waals surface area contributed by atoms with Gasteiger partial charge in [0.1, 0.15) is 5.82 Å². The van der Waals surface area contributed by atoms with Gasteiger partial charge in [-0.05, 0) is 36.1 Å². The molecule has 1 atom stereocenters. The van der Waals surface area contributed by atoms with Crippen LogP contribution in [0.25, 0.3) is 10.9 Å². The van der Waals surface area contributed by atoms with Gasteiger partial charge in [0.05, 0.1) is 17.1 Å². The molecule has 0 N–H and O–H groups in total. The fourth-order valence-corrected chi connectivity index (χ4v) is 3.20. The predicted molar refractivity (Wildman–Crippen MR) is 99.7 cm³/mol. The van der Waals surface area contributed by atoms with Gasteiger partial charge in [-0.1, -0.05) is 35.8 Å². The van der Waals surface area contributed by atoms with E-state index in [1.165, 1.54) is 4.68 Å². The van der Waals surface area contributed by atoms with Crippen molar-refractivity contribution in [3.8, 4) is 0 Å². The molecule has 4 nitrogen and oxygen atoms in total. The maximum Gasteiger partial charge on any atom is 0.282 e. The van der Waals surface area contributed by atoms with Crippen LogP contribution in [0.1, 0.15) is 36.9 Å². The monoisotopic (exact) mass is 389 g/mol. The number of thiophene rings is 1. The standard InChI is InChI=1S/C17H16BrN3OS/c1-3-11(2)16-20-15-7-6-12(18)9-14(15)17(22)21(16)19-10-13-5-4-8-23-13/h4-11H,3H2,1-2H3/t11-/m0/s1. The zero-order valence-corrected chi connectivity index (χ0v) is 15.3.